The minimum Gasteiger partial charge on any atom is -0.301 e. The molecule has 0 heterocycles. The normalized spacial score (nSPS) is 17.8. The average molecular weight is 208 g/mol. The molecule has 0 aliphatic heterocycles. The number of rotatable bonds is 4. The quantitative estimate of drug-likeness (QED) is 0.329. The van der Waals surface area contributed by atoms with Crippen molar-refractivity contribution in [2.75, 3.05) is 7.11 Å². The zero-order valence-corrected chi connectivity index (χ0v) is 7.07. The van der Waals surface area contributed by atoms with Crippen molar-refractivity contribution >= 4 is 15.6 Å². The highest BCUT2D eigenvalue weighted by molar-refractivity contribution is 7.49. The van der Waals surface area contributed by atoms with Crippen LogP contribution < -0.4 is 0 Å². The Kier molecular flexibility index (Phi) is 3.83. The molecule has 0 aliphatic rings. The lowest BCUT2D eigenvalue weighted by Crippen LogP contribution is -1.92. The fraction of sp³-hybridized carbons (Fsp3) is 1.00. The highest BCUT2D eigenvalue weighted by Crippen LogP contribution is 2.48. The molecule has 0 radical (unpaired) electrons. The Balaban J connectivity index is 3.91. The maximum absolute atomic E-state index is 10.3. The fourth-order valence-corrected chi connectivity index (χ4v) is 0.861. The Morgan fingerprint density at radius 2 is 1.55 bits per heavy atom. The highest BCUT2D eigenvalue weighted by atomic mass is 31.2. The number of hydrogen-bond acceptors (Lipinski definition) is 5. The van der Waals surface area contributed by atoms with Crippen LogP contribution in [0.25, 0.3) is 0 Å². The minimum atomic E-state index is -4.91. The van der Waals surface area contributed by atoms with Crippen LogP contribution in [0.1, 0.15) is 0 Å². The molecule has 0 amide bonds. The van der Waals surface area contributed by atoms with Crippen molar-refractivity contribution in [2.45, 2.75) is 0 Å². The number of phosphoric ester groups is 1. The summed E-state index contributed by atoms with van der Waals surface area (Å²) in [6, 6.07) is 0. The lowest BCUT2D eigenvalue weighted by atomic mass is 11.8. The van der Waals surface area contributed by atoms with E-state index in [0.29, 0.717) is 0 Å². The van der Waals surface area contributed by atoms with Gasteiger partial charge < -0.3 is 14.7 Å². The summed E-state index contributed by atoms with van der Waals surface area (Å²) in [5, 5.41) is 0. The van der Waals surface area contributed by atoms with E-state index in [2.05, 4.69) is 13.9 Å². The van der Waals surface area contributed by atoms with Gasteiger partial charge in [-0.25, -0.2) is 9.13 Å². The van der Waals surface area contributed by atoms with Crippen molar-refractivity contribution in [1.29, 1.82) is 0 Å². The van der Waals surface area contributed by atoms with Gasteiger partial charge >= 0.3 is 15.6 Å². The molecule has 0 saturated carbocycles. The third-order valence-corrected chi connectivity index (χ3v) is 1.57. The lowest BCUT2D eigenvalue weighted by molar-refractivity contribution is -0.144. The summed E-state index contributed by atoms with van der Waals surface area (Å²) >= 11 is 0. The first-order valence-electron chi connectivity index (χ1n) is 2.09. The summed E-state index contributed by atoms with van der Waals surface area (Å²) in [7, 11) is -8.58. The molecule has 0 spiro atoms. The van der Waals surface area contributed by atoms with Crippen LogP contribution in [0, 0.1) is 0 Å². The van der Waals surface area contributed by atoms with E-state index < -0.39 is 15.6 Å². The first-order chi connectivity index (χ1) is 4.77. The molecule has 0 rings (SSSR count). The van der Waals surface area contributed by atoms with E-state index in [9.17, 15) is 9.13 Å². The zero-order valence-electron chi connectivity index (χ0n) is 5.28. The second-order valence-electron chi connectivity index (χ2n) is 1.29. The van der Waals surface area contributed by atoms with Gasteiger partial charge in [0.15, 0.2) is 0 Å². The van der Waals surface area contributed by atoms with Crippen molar-refractivity contribution in [3.63, 3.8) is 0 Å². The van der Waals surface area contributed by atoms with Gasteiger partial charge in [-0.15, -0.1) is 9.35 Å². The molecule has 0 saturated heterocycles. The van der Waals surface area contributed by atoms with Crippen LogP contribution >= 0.6 is 15.6 Å². The Hall–Kier alpha value is 0.220. The summed E-state index contributed by atoms with van der Waals surface area (Å²) in [4.78, 5) is 24.2. The van der Waals surface area contributed by atoms with Gasteiger partial charge in [0.05, 0.1) is 0 Å². The fourth-order valence-electron chi connectivity index (χ4n) is 0.116. The minimum absolute atomic E-state index is 0.809. The molecule has 10 heteroatoms. The van der Waals surface area contributed by atoms with Gasteiger partial charge in [-0.2, -0.15) is 0 Å². The van der Waals surface area contributed by atoms with Crippen LogP contribution in [-0.4, -0.2) is 21.8 Å². The molecule has 0 bridgehead atoms. The predicted octanol–water partition coefficient (Wildman–Crippen LogP) is -0.226. The van der Waals surface area contributed by atoms with Gasteiger partial charge in [0.1, 0.15) is 0 Å². The van der Waals surface area contributed by atoms with E-state index in [4.69, 9.17) is 14.7 Å². The summed E-state index contributed by atoms with van der Waals surface area (Å²) in [5.41, 5.74) is 0. The van der Waals surface area contributed by atoms with Crippen molar-refractivity contribution in [3.05, 3.63) is 0 Å². The van der Waals surface area contributed by atoms with Gasteiger partial charge in [0, 0.05) is 7.11 Å². The van der Waals surface area contributed by atoms with Crippen LogP contribution in [0.5, 0.6) is 0 Å². The van der Waals surface area contributed by atoms with Crippen LogP contribution in [0.15, 0.2) is 0 Å². The topological polar surface area (TPSA) is 123 Å². The molecule has 0 aliphatic carbocycles. The van der Waals surface area contributed by atoms with Crippen molar-refractivity contribution < 1.29 is 37.7 Å². The molecule has 0 aromatic rings. The predicted molar refractivity (Wildman–Crippen MR) is 31.0 cm³/mol. The zero-order chi connectivity index (χ0) is 9.12. The maximum Gasteiger partial charge on any atom is 0.499 e. The van der Waals surface area contributed by atoms with E-state index in [1.54, 1.807) is 0 Å². The summed E-state index contributed by atoms with van der Waals surface area (Å²) in [6.07, 6.45) is 0. The Labute approximate surface area is 61.5 Å². The number of hydrogen-bond donors (Lipinski definition) is 3. The molecule has 0 fully saturated rings. The first-order valence-corrected chi connectivity index (χ1v) is 5.11. The van der Waals surface area contributed by atoms with Gasteiger partial charge in [0.2, 0.25) is 0 Å². The summed E-state index contributed by atoms with van der Waals surface area (Å²) in [5.74, 6) is 0. The molecular weight excluding hydrogens is 202 g/mol. The highest BCUT2D eigenvalue weighted by Gasteiger charge is 2.26. The molecule has 1 unspecified atom stereocenters. The molecule has 0 aromatic heterocycles. The van der Waals surface area contributed by atoms with E-state index >= 15 is 0 Å². The average Bonchev–Trinajstić information content (AvgIpc) is 1.83. The van der Waals surface area contributed by atoms with Crippen molar-refractivity contribution in [3.8, 4) is 0 Å². The summed E-state index contributed by atoms with van der Waals surface area (Å²) in [6.45, 7) is 0. The van der Waals surface area contributed by atoms with E-state index in [0.717, 1.165) is 7.11 Å². The molecule has 3 N–H and O–H groups in total. The van der Waals surface area contributed by atoms with Crippen LogP contribution in [0.3, 0.4) is 0 Å². The Bertz CT molecular complexity index is 202. The smallest absolute Gasteiger partial charge is 0.301 e. The monoisotopic (exact) mass is 208 g/mol. The number of phosphoric acid groups is 2. The van der Waals surface area contributed by atoms with Crippen molar-refractivity contribution in [1.82, 2.24) is 0 Å². The second-order valence-corrected chi connectivity index (χ2v) is 3.87. The third kappa shape index (κ3) is 6.61. The lowest BCUT2D eigenvalue weighted by Gasteiger charge is -2.07. The van der Waals surface area contributed by atoms with E-state index in [-0.39, 0.29) is 0 Å². The molecular formula is CH6O8P2. The molecule has 68 valence electrons. The van der Waals surface area contributed by atoms with E-state index in [1.165, 1.54) is 0 Å². The first kappa shape index (κ1) is 11.2. The van der Waals surface area contributed by atoms with Crippen LogP contribution in [0.4, 0.5) is 0 Å². The van der Waals surface area contributed by atoms with E-state index in [1.807, 2.05) is 0 Å². The molecule has 11 heavy (non-hydrogen) atoms. The van der Waals surface area contributed by atoms with Crippen molar-refractivity contribution in [2.24, 2.45) is 0 Å². The van der Waals surface area contributed by atoms with Crippen LogP contribution in [-0.2, 0) is 23.0 Å². The van der Waals surface area contributed by atoms with Gasteiger partial charge in [-0.05, 0) is 0 Å². The van der Waals surface area contributed by atoms with Gasteiger partial charge in [-0.3, -0.25) is 4.52 Å². The second kappa shape index (κ2) is 3.75. The SMILES string of the molecule is COP(=O)(O)OOP(=O)(O)O. The standard InChI is InChI=1S/CH6O8P2/c1-7-11(5,6)9-8-10(2,3)4/h1H3,(H,5,6)(H2,2,3,4). The molecule has 8 nitrogen and oxygen atoms in total. The molecule has 0 aromatic carbocycles. The molecule has 1 atom stereocenters. The third-order valence-electron chi connectivity index (χ3n) is 0.455. The Morgan fingerprint density at radius 3 is 1.82 bits per heavy atom. The Morgan fingerprint density at radius 1 is 1.09 bits per heavy atom. The van der Waals surface area contributed by atoms with Crippen LogP contribution in [0.2, 0.25) is 0 Å². The summed E-state index contributed by atoms with van der Waals surface area (Å²) < 4.78 is 30.5. The van der Waals surface area contributed by atoms with Gasteiger partial charge in [0.25, 0.3) is 0 Å². The largest absolute Gasteiger partial charge is 0.499 e. The maximum atomic E-state index is 10.3. The van der Waals surface area contributed by atoms with Gasteiger partial charge in [-0.1, -0.05) is 0 Å².